The van der Waals surface area contributed by atoms with Crippen molar-refractivity contribution in [2.24, 2.45) is 0 Å². The third kappa shape index (κ3) is 16.3. The van der Waals surface area contributed by atoms with Crippen LogP contribution in [-0.2, 0) is 0 Å². The van der Waals surface area contributed by atoms with Crippen molar-refractivity contribution in [1.29, 1.82) is 0 Å². The maximum Gasteiger partial charge on any atom is 1.00 e. The van der Waals surface area contributed by atoms with E-state index in [0.29, 0.717) is 0 Å². The van der Waals surface area contributed by atoms with Crippen molar-refractivity contribution < 1.29 is 153 Å². The molecule has 0 aliphatic carbocycles. The first-order valence-electron chi connectivity index (χ1n) is 3.50. The van der Waals surface area contributed by atoms with Gasteiger partial charge in [0.1, 0.15) is 5.82 Å². The number of anilines is 1. The van der Waals surface area contributed by atoms with Crippen molar-refractivity contribution in [1.82, 2.24) is 4.98 Å². The summed E-state index contributed by atoms with van der Waals surface area (Å²) in [6.07, 6.45) is -0.546. The van der Waals surface area contributed by atoms with E-state index in [0.717, 1.165) is 5.82 Å². The van der Waals surface area contributed by atoms with Crippen molar-refractivity contribution in [3.05, 3.63) is 24.4 Å². The Morgan fingerprint density at radius 2 is 1.73 bits per heavy atom. The van der Waals surface area contributed by atoms with Crippen LogP contribution in [0.15, 0.2) is 24.4 Å². The van der Waals surface area contributed by atoms with Gasteiger partial charge in [0, 0.05) is 20.3 Å². The molecule has 15 heavy (non-hydrogen) atoms. The SMILES string of the molecule is CN(C)c1ccccn1.O=C([O-])[O-].[Cs+].[Cs+]. The van der Waals surface area contributed by atoms with E-state index < -0.39 is 6.16 Å². The van der Waals surface area contributed by atoms with Gasteiger partial charge in [-0.05, 0) is 18.3 Å². The largest absolute Gasteiger partial charge is 1.00 e. The van der Waals surface area contributed by atoms with Crippen molar-refractivity contribution in [3.63, 3.8) is 0 Å². The van der Waals surface area contributed by atoms with Gasteiger partial charge < -0.3 is 19.9 Å². The van der Waals surface area contributed by atoms with E-state index in [1.165, 1.54) is 0 Å². The molecule has 72 valence electrons. The average Bonchev–Trinajstić information content (AvgIpc) is 2.05. The Morgan fingerprint density at radius 3 is 1.93 bits per heavy atom. The second-order valence-electron chi connectivity index (χ2n) is 2.33. The maximum absolute atomic E-state index is 8.33. The first kappa shape index (κ1) is 22.5. The van der Waals surface area contributed by atoms with Gasteiger partial charge in [-0.15, -0.1) is 0 Å². The molecule has 0 N–H and O–H groups in total. The van der Waals surface area contributed by atoms with E-state index in [9.17, 15) is 0 Å². The van der Waals surface area contributed by atoms with Gasteiger partial charge in [0.25, 0.3) is 0 Å². The van der Waals surface area contributed by atoms with Crippen molar-refractivity contribution in [2.45, 2.75) is 0 Å². The van der Waals surface area contributed by atoms with Gasteiger partial charge in [-0.1, -0.05) is 6.07 Å². The molecule has 1 heterocycles. The van der Waals surface area contributed by atoms with Gasteiger partial charge in [0.05, 0.1) is 0 Å². The minimum Gasteiger partial charge on any atom is -0.652 e. The Morgan fingerprint density at radius 1 is 1.27 bits per heavy atom. The summed E-state index contributed by atoms with van der Waals surface area (Å²) in [6.45, 7) is 0. The molecule has 1 aromatic rings. The van der Waals surface area contributed by atoms with Crippen LogP contribution in [0.3, 0.4) is 0 Å². The van der Waals surface area contributed by atoms with E-state index in [1.807, 2.05) is 37.2 Å². The van der Waals surface area contributed by atoms with Gasteiger partial charge in [0.2, 0.25) is 0 Å². The number of carboxylic acid groups (broad SMARTS) is 2. The molecule has 0 amide bonds. The Kier molecular flexibility index (Phi) is 21.6. The van der Waals surface area contributed by atoms with Crippen LogP contribution in [-0.4, -0.2) is 25.2 Å². The summed E-state index contributed by atoms with van der Waals surface area (Å²) in [7, 11) is 3.95. The summed E-state index contributed by atoms with van der Waals surface area (Å²) in [5.74, 6) is 0.998. The number of nitrogens with zero attached hydrogens (tertiary/aromatic N) is 2. The van der Waals surface area contributed by atoms with E-state index in [2.05, 4.69) is 4.98 Å². The summed E-state index contributed by atoms with van der Waals surface area (Å²) in [4.78, 5) is 14.4. The summed E-state index contributed by atoms with van der Waals surface area (Å²) in [5.41, 5.74) is 0. The fourth-order valence-corrected chi connectivity index (χ4v) is 0.618. The zero-order valence-corrected chi connectivity index (χ0v) is 22.0. The number of carbonyl (C=O) groups is 1. The molecular weight excluding hydrogens is 438 g/mol. The maximum atomic E-state index is 8.33. The quantitative estimate of drug-likeness (QED) is 0.427. The molecule has 0 saturated carbocycles. The molecule has 0 radical (unpaired) electrons. The fourth-order valence-electron chi connectivity index (χ4n) is 0.618. The Labute approximate surface area is 207 Å². The number of aromatic nitrogens is 1. The number of carbonyl (C=O) groups excluding carboxylic acids is 1. The fraction of sp³-hybridized carbons (Fsp3) is 0.250. The summed E-state index contributed by atoms with van der Waals surface area (Å²) < 4.78 is 0. The summed E-state index contributed by atoms with van der Waals surface area (Å²) in [6, 6.07) is 5.86. The Bertz CT molecular complexity index is 253. The van der Waals surface area contributed by atoms with Crippen LogP contribution in [0.2, 0.25) is 0 Å². The number of rotatable bonds is 1. The molecule has 0 saturated heterocycles. The van der Waals surface area contributed by atoms with Gasteiger partial charge >= 0.3 is 138 Å². The first-order chi connectivity index (χ1) is 6.04. The topological polar surface area (TPSA) is 79.3 Å². The van der Waals surface area contributed by atoms with E-state index >= 15 is 0 Å². The molecule has 1 aromatic heterocycles. The molecule has 0 aromatic carbocycles. The summed E-state index contributed by atoms with van der Waals surface area (Å²) >= 11 is 0. The van der Waals surface area contributed by atoms with Crippen LogP contribution in [0.4, 0.5) is 10.6 Å². The minimum atomic E-state index is -2.33. The Hall–Kier alpha value is 2.32. The van der Waals surface area contributed by atoms with Crippen LogP contribution >= 0.6 is 0 Å². The van der Waals surface area contributed by atoms with Crippen molar-refractivity contribution in [2.75, 3.05) is 19.0 Å². The van der Waals surface area contributed by atoms with E-state index in [1.54, 1.807) is 6.20 Å². The van der Waals surface area contributed by atoms with Gasteiger partial charge in [0.15, 0.2) is 0 Å². The zero-order chi connectivity index (χ0) is 10.3. The Balaban J connectivity index is -0.000000213. The van der Waals surface area contributed by atoms with Gasteiger partial charge in [-0.2, -0.15) is 0 Å². The monoisotopic (exact) mass is 448 g/mol. The standard InChI is InChI=1S/C7H10N2.CH2O3.2Cs/c1-9(2)7-5-3-4-6-8-7;2-1(3)4;;/h3-6H,1-2H3;(H2,2,3,4);;/q;;2*+1/p-2. The molecule has 1 rings (SSSR count). The summed E-state index contributed by atoms with van der Waals surface area (Å²) in [5, 5.41) is 16.7. The van der Waals surface area contributed by atoms with Crippen LogP contribution in [0.5, 0.6) is 0 Å². The zero-order valence-electron chi connectivity index (χ0n) is 9.43. The molecule has 7 heteroatoms. The molecule has 0 fully saturated rings. The third-order valence-corrected chi connectivity index (χ3v) is 1.11. The molecule has 0 atom stereocenters. The average molecular weight is 448 g/mol. The van der Waals surface area contributed by atoms with Gasteiger partial charge in [-0.3, -0.25) is 0 Å². The smallest absolute Gasteiger partial charge is 0.652 e. The van der Waals surface area contributed by atoms with Gasteiger partial charge in [-0.25, -0.2) is 4.98 Å². The first-order valence-corrected chi connectivity index (χ1v) is 3.50. The molecule has 0 spiro atoms. The van der Waals surface area contributed by atoms with Crippen LogP contribution in [0, 0.1) is 0 Å². The van der Waals surface area contributed by atoms with Crippen LogP contribution < -0.4 is 153 Å². The third-order valence-electron chi connectivity index (χ3n) is 1.11. The van der Waals surface area contributed by atoms with Crippen LogP contribution in [0.25, 0.3) is 0 Å². The normalized spacial score (nSPS) is 7.07. The minimum absolute atomic E-state index is 0. The van der Waals surface area contributed by atoms with E-state index in [4.69, 9.17) is 15.0 Å². The van der Waals surface area contributed by atoms with E-state index in [-0.39, 0.29) is 138 Å². The molecule has 0 aliphatic heterocycles. The van der Waals surface area contributed by atoms with Crippen LogP contribution in [0.1, 0.15) is 0 Å². The number of hydrogen-bond donors (Lipinski definition) is 0. The number of hydrogen-bond acceptors (Lipinski definition) is 5. The van der Waals surface area contributed by atoms with Crippen molar-refractivity contribution in [3.8, 4) is 0 Å². The molecule has 0 bridgehead atoms. The van der Waals surface area contributed by atoms with Crippen molar-refractivity contribution >= 4 is 12.0 Å². The molecular formula is C8H10Cs2N2O3. The molecule has 0 aliphatic rings. The molecule has 0 unspecified atom stereocenters. The predicted molar refractivity (Wildman–Crippen MR) is 44.0 cm³/mol. The second-order valence-corrected chi connectivity index (χ2v) is 2.33. The molecule has 5 nitrogen and oxygen atoms in total. The number of pyridine rings is 1. The predicted octanol–water partition coefficient (Wildman–Crippen LogP) is -7.29. The second kappa shape index (κ2) is 14.4.